The van der Waals surface area contributed by atoms with E-state index in [9.17, 15) is 4.79 Å². The average Bonchev–Trinajstić information content (AvgIpc) is 2.30. The molecule has 16 heavy (non-hydrogen) atoms. The maximum Gasteiger partial charge on any atom is 0.254 e. The van der Waals surface area contributed by atoms with Crippen LogP contribution in [0.15, 0.2) is 24.3 Å². The molecule has 3 heteroatoms. The Morgan fingerprint density at radius 1 is 1.38 bits per heavy atom. The third-order valence-electron chi connectivity index (χ3n) is 2.61. The Morgan fingerprint density at radius 3 is 2.62 bits per heavy atom. The molecule has 0 N–H and O–H groups in total. The van der Waals surface area contributed by atoms with E-state index in [4.69, 9.17) is 11.6 Å². The normalized spacial score (nSPS) is 10.2. The molecule has 0 spiro atoms. The van der Waals surface area contributed by atoms with E-state index in [1.54, 1.807) is 0 Å². The lowest BCUT2D eigenvalue weighted by Gasteiger charge is -2.21. The predicted molar refractivity (Wildman–Crippen MR) is 68.1 cm³/mol. The summed E-state index contributed by atoms with van der Waals surface area (Å²) in [4.78, 5) is 14.0. The Morgan fingerprint density at radius 2 is 2.06 bits per heavy atom. The Kier molecular flexibility index (Phi) is 5.33. The van der Waals surface area contributed by atoms with Crippen LogP contribution in [0, 0.1) is 6.92 Å². The fraction of sp³-hybridized carbons (Fsp3) is 0.462. The molecule has 0 bridgehead atoms. The number of hydrogen-bond donors (Lipinski definition) is 0. The number of carbonyl (C=O) groups is 1. The van der Waals surface area contributed by atoms with Crippen LogP contribution in [-0.4, -0.2) is 29.8 Å². The summed E-state index contributed by atoms with van der Waals surface area (Å²) in [6.07, 6.45) is 0.840. The zero-order valence-corrected chi connectivity index (χ0v) is 10.6. The summed E-state index contributed by atoms with van der Waals surface area (Å²) in [6, 6.07) is 7.68. The lowest BCUT2D eigenvalue weighted by molar-refractivity contribution is 0.0764. The van der Waals surface area contributed by atoms with Gasteiger partial charge in [-0.1, -0.05) is 18.2 Å². The highest BCUT2D eigenvalue weighted by Crippen LogP contribution is 2.10. The first kappa shape index (κ1) is 13.0. The van der Waals surface area contributed by atoms with Gasteiger partial charge < -0.3 is 4.90 Å². The highest BCUT2D eigenvalue weighted by atomic mass is 35.5. The minimum atomic E-state index is 0.103. The van der Waals surface area contributed by atoms with Crippen molar-refractivity contribution in [2.75, 3.05) is 19.0 Å². The topological polar surface area (TPSA) is 20.3 Å². The van der Waals surface area contributed by atoms with Gasteiger partial charge in [0.15, 0.2) is 0 Å². The summed E-state index contributed by atoms with van der Waals surface area (Å²) in [5.74, 6) is 0.697. The van der Waals surface area contributed by atoms with Crippen LogP contribution in [0.1, 0.15) is 29.3 Å². The SMILES string of the molecule is CCN(CCCCl)C(=O)c1ccccc1C. The van der Waals surface area contributed by atoms with Gasteiger partial charge >= 0.3 is 0 Å². The van der Waals surface area contributed by atoms with Crippen molar-refractivity contribution >= 4 is 17.5 Å². The molecule has 0 aliphatic rings. The number of carbonyl (C=O) groups excluding carboxylic acids is 1. The summed E-state index contributed by atoms with van der Waals surface area (Å²) in [7, 11) is 0. The fourth-order valence-electron chi connectivity index (χ4n) is 1.64. The van der Waals surface area contributed by atoms with Crippen molar-refractivity contribution in [3.63, 3.8) is 0 Å². The maximum atomic E-state index is 12.2. The first-order valence-electron chi connectivity index (χ1n) is 5.61. The van der Waals surface area contributed by atoms with Gasteiger partial charge in [0.25, 0.3) is 5.91 Å². The monoisotopic (exact) mass is 239 g/mol. The fourth-order valence-corrected chi connectivity index (χ4v) is 1.76. The summed E-state index contributed by atoms with van der Waals surface area (Å²) < 4.78 is 0. The van der Waals surface area contributed by atoms with Gasteiger partial charge in [-0.15, -0.1) is 11.6 Å². The van der Waals surface area contributed by atoms with Gasteiger partial charge in [0, 0.05) is 24.5 Å². The van der Waals surface area contributed by atoms with E-state index in [0.717, 1.165) is 30.6 Å². The molecule has 1 aromatic rings. The van der Waals surface area contributed by atoms with Crippen LogP contribution < -0.4 is 0 Å². The molecular formula is C13H18ClNO. The van der Waals surface area contributed by atoms with Gasteiger partial charge in [0.05, 0.1) is 0 Å². The molecule has 1 amide bonds. The summed E-state index contributed by atoms with van der Waals surface area (Å²) in [5, 5.41) is 0. The molecule has 0 aromatic heterocycles. The number of nitrogens with zero attached hydrogens (tertiary/aromatic N) is 1. The average molecular weight is 240 g/mol. The van der Waals surface area contributed by atoms with Crippen molar-refractivity contribution in [3.05, 3.63) is 35.4 Å². The van der Waals surface area contributed by atoms with Crippen molar-refractivity contribution < 1.29 is 4.79 Å². The molecule has 0 unspecified atom stereocenters. The second-order valence-electron chi connectivity index (χ2n) is 3.74. The van der Waals surface area contributed by atoms with E-state index in [-0.39, 0.29) is 5.91 Å². The Balaban J connectivity index is 2.79. The van der Waals surface area contributed by atoms with Crippen molar-refractivity contribution in [2.24, 2.45) is 0 Å². The Labute approximate surface area is 102 Å². The van der Waals surface area contributed by atoms with Crippen LogP contribution in [0.3, 0.4) is 0 Å². The van der Waals surface area contributed by atoms with Gasteiger partial charge in [0.1, 0.15) is 0 Å². The van der Waals surface area contributed by atoms with Crippen LogP contribution in [0.25, 0.3) is 0 Å². The zero-order valence-electron chi connectivity index (χ0n) is 9.87. The van der Waals surface area contributed by atoms with E-state index < -0.39 is 0 Å². The largest absolute Gasteiger partial charge is 0.339 e. The van der Waals surface area contributed by atoms with Gasteiger partial charge in [-0.3, -0.25) is 4.79 Å². The third-order valence-corrected chi connectivity index (χ3v) is 2.87. The van der Waals surface area contributed by atoms with Crippen LogP contribution in [0.4, 0.5) is 0 Å². The number of benzene rings is 1. The second-order valence-corrected chi connectivity index (χ2v) is 4.12. The predicted octanol–water partition coefficient (Wildman–Crippen LogP) is 3.09. The second kappa shape index (κ2) is 6.54. The Hall–Kier alpha value is -1.02. The molecule has 0 fully saturated rings. The zero-order chi connectivity index (χ0) is 12.0. The van der Waals surface area contributed by atoms with Gasteiger partial charge in [0.2, 0.25) is 0 Å². The van der Waals surface area contributed by atoms with Gasteiger partial charge in [-0.25, -0.2) is 0 Å². The quantitative estimate of drug-likeness (QED) is 0.724. The van der Waals surface area contributed by atoms with Gasteiger partial charge in [-0.05, 0) is 31.9 Å². The Bertz CT molecular complexity index is 352. The molecule has 0 atom stereocenters. The number of halogens is 1. The van der Waals surface area contributed by atoms with Crippen molar-refractivity contribution in [1.29, 1.82) is 0 Å². The summed E-state index contributed by atoms with van der Waals surface area (Å²) in [6.45, 7) is 5.41. The molecule has 2 nitrogen and oxygen atoms in total. The smallest absolute Gasteiger partial charge is 0.254 e. The molecular weight excluding hydrogens is 222 g/mol. The molecule has 0 heterocycles. The number of hydrogen-bond acceptors (Lipinski definition) is 1. The van der Waals surface area contributed by atoms with E-state index in [1.165, 1.54) is 0 Å². The first-order valence-corrected chi connectivity index (χ1v) is 6.15. The lowest BCUT2D eigenvalue weighted by atomic mass is 10.1. The molecule has 1 rings (SSSR count). The number of alkyl halides is 1. The number of aryl methyl sites for hydroxylation is 1. The van der Waals surface area contributed by atoms with Gasteiger partial charge in [-0.2, -0.15) is 0 Å². The standard InChI is InChI=1S/C13H18ClNO/c1-3-15(10-6-9-14)13(16)12-8-5-4-7-11(12)2/h4-5,7-8H,3,6,9-10H2,1-2H3. The maximum absolute atomic E-state index is 12.2. The highest BCUT2D eigenvalue weighted by Gasteiger charge is 2.14. The first-order chi connectivity index (χ1) is 7.70. The van der Waals surface area contributed by atoms with E-state index in [2.05, 4.69) is 0 Å². The highest BCUT2D eigenvalue weighted by molar-refractivity contribution is 6.17. The third kappa shape index (κ3) is 3.24. The minimum absolute atomic E-state index is 0.103. The molecule has 0 radical (unpaired) electrons. The van der Waals surface area contributed by atoms with Crippen LogP contribution >= 0.6 is 11.6 Å². The minimum Gasteiger partial charge on any atom is -0.339 e. The van der Waals surface area contributed by atoms with Crippen molar-refractivity contribution in [1.82, 2.24) is 4.90 Å². The summed E-state index contributed by atoms with van der Waals surface area (Å²) >= 11 is 5.65. The van der Waals surface area contributed by atoms with E-state index >= 15 is 0 Å². The number of rotatable bonds is 5. The molecule has 0 saturated heterocycles. The van der Waals surface area contributed by atoms with Crippen LogP contribution in [-0.2, 0) is 0 Å². The molecule has 0 aliphatic carbocycles. The molecule has 0 aliphatic heterocycles. The molecule has 88 valence electrons. The van der Waals surface area contributed by atoms with Crippen LogP contribution in [0.2, 0.25) is 0 Å². The molecule has 0 saturated carbocycles. The van der Waals surface area contributed by atoms with E-state index in [1.807, 2.05) is 43.0 Å². The lowest BCUT2D eigenvalue weighted by Crippen LogP contribution is -2.32. The van der Waals surface area contributed by atoms with Crippen LogP contribution in [0.5, 0.6) is 0 Å². The van der Waals surface area contributed by atoms with Crippen molar-refractivity contribution in [3.8, 4) is 0 Å². The van der Waals surface area contributed by atoms with E-state index in [0.29, 0.717) is 5.88 Å². The number of amides is 1. The van der Waals surface area contributed by atoms with Crippen molar-refractivity contribution in [2.45, 2.75) is 20.3 Å². The molecule has 1 aromatic carbocycles. The summed E-state index contributed by atoms with van der Waals surface area (Å²) in [5.41, 5.74) is 1.82.